The number of carbonyl (C=O) groups is 2. The fourth-order valence-electron chi connectivity index (χ4n) is 5.07. The molecule has 4 atom stereocenters. The van der Waals surface area contributed by atoms with Gasteiger partial charge in [0.25, 0.3) is 0 Å². The lowest BCUT2D eigenvalue weighted by atomic mass is 9.69. The van der Waals surface area contributed by atoms with Crippen molar-refractivity contribution >= 4 is 11.6 Å². The van der Waals surface area contributed by atoms with Crippen LogP contribution in [-0.2, 0) is 19.1 Å². The van der Waals surface area contributed by atoms with Gasteiger partial charge in [-0.3, -0.25) is 9.59 Å². The van der Waals surface area contributed by atoms with Crippen LogP contribution in [0.2, 0.25) is 0 Å². The van der Waals surface area contributed by atoms with Crippen molar-refractivity contribution in [3.8, 4) is 0 Å². The van der Waals surface area contributed by atoms with Crippen LogP contribution in [0.5, 0.6) is 0 Å². The molecule has 0 amide bonds. The van der Waals surface area contributed by atoms with E-state index in [1.165, 1.54) is 11.1 Å². The Kier molecular flexibility index (Phi) is 9.90. The minimum absolute atomic E-state index is 0.206. The first-order chi connectivity index (χ1) is 14.7. The summed E-state index contributed by atoms with van der Waals surface area (Å²) in [6.07, 6.45) is 12.1. The summed E-state index contributed by atoms with van der Waals surface area (Å²) in [6, 6.07) is 0. The van der Waals surface area contributed by atoms with Crippen molar-refractivity contribution in [3.05, 3.63) is 34.9 Å². The molecule has 0 spiro atoms. The van der Waals surface area contributed by atoms with Gasteiger partial charge in [-0.05, 0) is 76.2 Å². The van der Waals surface area contributed by atoms with E-state index >= 15 is 0 Å². The van der Waals surface area contributed by atoms with E-state index in [0.717, 1.165) is 37.7 Å². The van der Waals surface area contributed by atoms with Crippen molar-refractivity contribution < 1.29 is 19.1 Å². The number of hydrogen-bond donors (Lipinski definition) is 0. The van der Waals surface area contributed by atoms with E-state index in [1.807, 2.05) is 6.92 Å². The highest BCUT2D eigenvalue weighted by atomic mass is 16.7. The Bertz CT molecular complexity index is 730. The van der Waals surface area contributed by atoms with E-state index < -0.39 is 5.41 Å². The number of rotatable bonds is 5. The second-order valence-electron chi connectivity index (χ2n) is 9.96. The number of Topliss-reactive ketones (excluding diaryl/α,β-unsaturated/α-hetero) is 2. The third kappa shape index (κ3) is 6.98. The Hall–Kier alpha value is -1.52. The molecule has 174 valence electrons. The average Bonchev–Trinajstić information content (AvgIpc) is 2.98. The van der Waals surface area contributed by atoms with Crippen LogP contribution >= 0.6 is 0 Å². The van der Waals surface area contributed by atoms with Crippen LogP contribution in [0.3, 0.4) is 0 Å². The highest BCUT2D eigenvalue weighted by Gasteiger charge is 2.51. The molecular weight excluding hydrogens is 388 g/mol. The van der Waals surface area contributed by atoms with Gasteiger partial charge in [0, 0.05) is 25.4 Å². The fraction of sp³-hybridized carbons (Fsp3) is 0.704. The van der Waals surface area contributed by atoms with Gasteiger partial charge in [-0.25, -0.2) is 0 Å². The van der Waals surface area contributed by atoms with Crippen molar-refractivity contribution in [3.63, 3.8) is 0 Å². The minimum Gasteiger partial charge on any atom is -0.359 e. The highest BCUT2D eigenvalue weighted by Crippen LogP contribution is 2.51. The van der Waals surface area contributed by atoms with Crippen LogP contribution in [-0.4, -0.2) is 32.1 Å². The zero-order valence-electron chi connectivity index (χ0n) is 20.5. The second kappa shape index (κ2) is 11.9. The van der Waals surface area contributed by atoms with Crippen molar-refractivity contribution in [2.24, 2.45) is 23.2 Å². The summed E-state index contributed by atoms with van der Waals surface area (Å²) >= 11 is 0. The summed E-state index contributed by atoms with van der Waals surface area (Å²) in [4.78, 5) is 25.9. The molecular formula is C27H42O4. The Labute approximate surface area is 189 Å². The van der Waals surface area contributed by atoms with E-state index in [2.05, 4.69) is 45.9 Å². The molecule has 0 aromatic heterocycles. The largest absolute Gasteiger partial charge is 0.359 e. The summed E-state index contributed by atoms with van der Waals surface area (Å²) in [5, 5.41) is 0. The quantitative estimate of drug-likeness (QED) is 0.295. The number of methoxy groups -OCH3 is 1. The first kappa shape index (κ1) is 25.7. The normalized spacial score (nSPS) is 35.0. The number of allylic oxidation sites excluding steroid dienone is 6. The first-order valence-corrected chi connectivity index (χ1v) is 11.8. The predicted molar refractivity (Wildman–Crippen MR) is 126 cm³/mol. The third-order valence-electron chi connectivity index (χ3n) is 7.48. The van der Waals surface area contributed by atoms with Gasteiger partial charge < -0.3 is 9.47 Å². The monoisotopic (exact) mass is 430 g/mol. The van der Waals surface area contributed by atoms with Crippen molar-refractivity contribution in [1.29, 1.82) is 0 Å². The smallest absolute Gasteiger partial charge is 0.158 e. The molecule has 0 radical (unpaired) electrons. The molecule has 0 aromatic carbocycles. The molecule has 0 N–H and O–H groups in total. The van der Waals surface area contributed by atoms with Gasteiger partial charge in [0.1, 0.15) is 12.6 Å². The van der Waals surface area contributed by atoms with Gasteiger partial charge >= 0.3 is 0 Å². The third-order valence-corrected chi connectivity index (χ3v) is 7.48. The van der Waals surface area contributed by atoms with Gasteiger partial charge in [0.05, 0.1) is 6.61 Å². The molecule has 0 bridgehead atoms. The van der Waals surface area contributed by atoms with Gasteiger partial charge in [0.15, 0.2) is 5.78 Å². The molecule has 1 fully saturated rings. The average molecular weight is 431 g/mol. The standard InChI is InChI=1S/C27H42O4/c1-19-8-7-9-20(2)14-15-27(5)24(12-11-21(3)25(28)13-10-19)23(16-26(27)29)22(4)17-31-18-30-6/h8,11,14,22-24H,7,9-10,12-13,15-18H2,1-6H3/b19-8+,20-14+,21-11+/t22-,23+,24-,27+/m1/s1. The number of carbonyl (C=O) groups excluding carboxylic acids is 2. The zero-order valence-corrected chi connectivity index (χ0v) is 20.5. The number of hydrogen-bond acceptors (Lipinski definition) is 4. The topological polar surface area (TPSA) is 52.6 Å². The maximum absolute atomic E-state index is 13.3. The summed E-state index contributed by atoms with van der Waals surface area (Å²) in [5.41, 5.74) is 3.06. The van der Waals surface area contributed by atoms with Crippen LogP contribution in [0.15, 0.2) is 34.9 Å². The van der Waals surface area contributed by atoms with E-state index in [-0.39, 0.29) is 30.3 Å². The van der Waals surface area contributed by atoms with E-state index in [1.54, 1.807) is 7.11 Å². The Balaban J connectivity index is 2.33. The molecule has 0 aliphatic heterocycles. The second-order valence-corrected chi connectivity index (χ2v) is 9.96. The maximum atomic E-state index is 13.3. The fourth-order valence-corrected chi connectivity index (χ4v) is 5.07. The Morgan fingerprint density at radius 2 is 1.77 bits per heavy atom. The molecule has 31 heavy (non-hydrogen) atoms. The van der Waals surface area contributed by atoms with E-state index in [0.29, 0.717) is 25.2 Å². The van der Waals surface area contributed by atoms with Crippen molar-refractivity contribution in [2.45, 2.75) is 79.6 Å². The van der Waals surface area contributed by atoms with Crippen LogP contribution in [0.1, 0.15) is 79.6 Å². The lowest BCUT2D eigenvalue weighted by molar-refractivity contribution is -0.126. The highest BCUT2D eigenvalue weighted by molar-refractivity contribution is 5.94. The van der Waals surface area contributed by atoms with E-state index in [4.69, 9.17) is 9.47 Å². The summed E-state index contributed by atoms with van der Waals surface area (Å²) in [6.45, 7) is 11.4. The molecule has 2 aliphatic rings. The Morgan fingerprint density at radius 3 is 2.48 bits per heavy atom. The lowest BCUT2D eigenvalue weighted by Crippen LogP contribution is -2.32. The molecule has 2 rings (SSSR count). The van der Waals surface area contributed by atoms with E-state index in [9.17, 15) is 9.59 Å². The number of fused-ring (bicyclic) bond motifs is 1. The van der Waals surface area contributed by atoms with Gasteiger partial charge in [0.2, 0.25) is 0 Å². The first-order valence-electron chi connectivity index (χ1n) is 11.8. The molecule has 0 saturated heterocycles. The molecule has 1 saturated carbocycles. The van der Waals surface area contributed by atoms with Crippen LogP contribution < -0.4 is 0 Å². The van der Waals surface area contributed by atoms with Crippen LogP contribution in [0, 0.1) is 23.2 Å². The van der Waals surface area contributed by atoms with Crippen molar-refractivity contribution in [2.75, 3.05) is 20.5 Å². The van der Waals surface area contributed by atoms with Crippen LogP contribution in [0.4, 0.5) is 0 Å². The Morgan fingerprint density at radius 1 is 1.06 bits per heavy atom. The SMILES string of the molecule is COCOC[C@@H](C)[C@@H]1CC(=O)[C@@]2(C)C/C=C(\C)CC/C=C(\C)CCC(=O)/C(C)=C/C[C@H]12. The van der Waals surface area contributed by atoms with Gasteiger partial charge in [-0.15, -0.1) is 0 Å². The minimum atomic E-state index is -0.396. The number of ketones is 2. The molecule has 4 heteroatoms. The summed E-state index contributed by atoms with van der Waals surface area (Å²) in [5.74, 6) is 1.28. The van der Waals surface area contributed by atoms with Gasteiger partial charge in [-0.1, -0.05) is 43.2 Å². The lowest BCUT2D eigenvalue weighted by Gasteiger charge is -2.34. The molecule has 0 unspecified atom stereocenters. The molecule has 0 aromatic rings. The summed E-state index contributed by atoms with van der Waals surface area (Å²) < 4.78 is 10.7. The van der Waals surface area contributed by atoms with Gasteiger partial charge in [-0.2, -0.15) is 0 Å². The predicted octanol–water partition coefficient (Wildman–Crippen LogP) is 6.22. The maximum Gasteiger partial charge on any atom is 0.158 e. The molecule has 4 nitrogen and oxygen atoms in total. The number of ether oxygens (including phenoxy) is 2. The molecule has 0 heterocycles. The molecule has 2 aliphatic carbocycles. The summed E-state index contributed by atoms with van der Waals surface area (Å²) in [7, 11) is 1.62. The zero-order chi connectivity index (χ0) is 23.0. The van der Waals surface area contributed by atoms with Crippen molar-refractivity contribution in [1.82, 2.24) is 0 Å². The van der Waals surface area contributed by atoms with Crippen LogP contribution in [0.25, 0.3) is 0 Å².